The van der Waals surface area contributed by atoms with Crippen molar-refractivity contribution in [2.75, 3.05) is 5.32 Å². The predicted octanol–water partition coefficient (Wildman–Crippen LogP) is 4.36. The second kappa shape index (κ2) is 5.75. The molecule has 1 aromatic rings. The highest BCUT2D eigenvalue weighted by Gasteiger charge is 2.20. The lowest BCUT2D eigenvalue weighted by Crippen LogP contribution is -2.27. The van der Waals surface area contributed by atoms with Gasteiger partial charge in [0.05, 0.1) is 15.6 Å². The maximum Gasteiger partial charge on any atom is 0.412 e. The minimum atomic E-state index is -0.691. The summed E-state index contributed by atoms with van der Waals surface area (Å²) in [5.41, 5.74) is -0.600. The van der Waals surface area contributed by atoms with Gasteiger partial charge in [-0.25, -0.2) is 4.79 Å². The van der Waals surface area contributed by atoms with Gasteiger partial charge < -0.3 is 4.74 Å². The zero-order valence-corrected chi connectivity index (χ0v) is 12.8. The van der Waals surface area contributed by atoms with E-state index in [4.69, 9.17) is 16.3 Å². The molecule has 0 aliphatic rings. The summed E-state index contributed by atoms with van der Waals surface area (Å²) in [4.78, 5) is 21.7. The summed E-state index contributed by atoms with van der Waals surface area (Å²) in [5.74, 6) is 0. The number of nitrogens with zero attached hydrogens (tertiary/aromatic N) is 1. The van der Waals surface area contributed by atoms with Gasteiger partial charge in [-0.15, -0.1) is 0 Å². The Balaban J connectivity index is 2.97. The summed E-state index contributed by atoms with van der Waals surface area (Å²) >= 11 is 9.00. The Morgan fingerprint density at radius 1 is 1.47 bits per heavy atom. The molecule has 0 unspecified atom stereocenters. The van der Waals surface area contributed by atoms with Gasteiger partial charge in [-0.2, -0.15) is 0 Å². The van der Waals surface area contributed by atoms with Crippen molar-refractivity contribution in [1.82, 2.24) is 0 Å². The molecule has 0 saturated carbocycles. The Morgan fingerprint density at radius 3 is 2.47 bits per heavy atom. The third kappa shape index (κ3) is 4.68. The fourth-order valence-corrected chi connectivity index (χ4v) is 2.11. The van der Waals surface area contributed by atoms with Gasteiger partial charge in [-0.3, -0.25) is 15.4 Å². The van der Waals surface area contributed by atoms with Crippen molar-refractivity contribution in [1.29, 1.82) is 0 Å². The lowest BCUT2D eigenvalue weighted by atomic mass is 10.2. The predicted molar refractivity (Wildman–Crippen MR) is 75.7 cm³/mol. The van der Waals surface area contributed by atoms with Crippen LogP contribution in [0.3, 0.4) is 0 Å². The lowest BCUT2D eigenvalue weighted by molar-refractivity contribution is -0.384. The van der Waals surface area contributed by atoms with Crippen molar-refractivity contribution in [2.45, 2.75) is 26.4 Å². The van der Waals surface area contributed by atoms with Crippen molar-refractivity contribution in [3.63, 3.8) is 0 Å². The van der Waals surface area contributed by atoms with Crippen LogP contribution in [0.2, 0.25) is 5.02 Å². The van der Waals surface area contributed by atoms with Crippen molar-refractivity contribution in [2.24, 2.45) is 0 Å². The lowest BCUT2D eigenvalue weighted by Gasteiger charge is -2.20. The van der Waals surface area contributed by atoms with Crippen LogP contribution in [0, 0.1) is 10.1 Å². The smallest absolute Gasteiger partial charge is 0.412 e. The number of amides is 1. The molecule has 104 valence electrons. The molecule has 6 nitrogen and oxygen atoms in total. The molecule has 0 bridgehead atoms. The number of nitro groups is 1. The highest BCUT2D eigenvalue weighted by atomic mass is 79.9. The summed E-state index contributed by atoms with van der Waals surface area (Å²) in [6, 6.07) is 2.40. The van der Waals surface area contributed by atoms with E-state index in [2.05, 4.69) is 21.2 Å². The highest BCUT2D eigenvalue weighted by molar-refractivity contribution is 9.10. The summed E-state index contributed by atoms with van der Waals surface area (Å²) in [6.45, 7) is 5.16. The van der Waals surface area contributed by atoms with Crippen LogP contribution in [0.15, 0.2) is 16.6 Å². The van der Waals surface area contributed by atoms with E-state index in [-0.39, 0.29) is 16.4 Å². The Bertz CT molecular complexity index is 505. The van der Waals surface area contributed by atoms with E-state index in [1.54, 1.807) is 20.8 Å². The number of nitrogens with one attached hydrogen (secondary N) is 1. The molecule has 0 atom stereocenters. The van der Waals surface area contributed by atoms with Gasteiger partial charge in [0, 0.05) is 16.6 Å². The van der Waals surface area contributed by atoms with E-state index in [0.717, 1.165) is 6.07 Å². The van der Waals surface area contributed by atoms with Gasteiger partial charge in [0.1, 0.15) is 5.60 Å². The highest BCUT2D eigenvalue weighted by Crippen LogP contribution is 2.35. The molecule has 1 rings (SSSR count). The number of nitro benzene ring substituents is 1. The van der Waals surface area contributed by atoms with Crippen molar-refractivity contribution >= 4 is 45.0 Å². The van der Waals surface area contributed by atoms with Crippen LogP contribution in [0.5, 0.6) is 0 Å². The number of carbonyl (C=O) groups excluding carboxylic acids is 1. The molecular formula is C11H12BrClN2O4. The third-order valence-corrected chi connectivity index (χ3v) is 2.79. The van der Waals surface area contributed by atoms with E-state index >= 15 is 0 Å². The quantitative estimate of drug-likeness (QED) is 0.634. The molecule has 1 amide bonds. The molecular weight excluding hydrogens is 339 g/mol. The first-order valence-corrected chi connectivity index (χ1v) is 6.40. The molecule has 19 heavy (non-hydrogen) atoms. The first kappa shape index (κ1) is 15.7. The molecule has 0 saturated heterocycles. The largest absolute Gasteiger partial charge is 0.444 e. The van der Waals surface area contributed by atoms with Crippen LogP contribution in [0.4, 0.5) is 16.2 Å². The molecule has 0 spiro atoms. The summed E-state index contributed by atoms with van der Waals surface area (Å²) in [6.07, 6.45) is -0.691. The van der Waals surface area contributed by atoms with Gasteiger partial charge in [0.15, 0.2) is 0 Å². The van der Waals surface area contributed by atoms with Crippen LogP contribution in [-0.2, 0) is 4.74 Å². The average molecular weight is 352 g/mol. The van der Waals surface area contributed by atoms with E-state index < -0.39 is 16.6 Å². The van der Waals surface area contributed by atoms with E-state index in [1.807, 2.05) is 0 Å². The SMILES string of the molecule is CC(C)(C)OC(=O)Nc1c(Cl)cc([N+](=O)[O-])cc1Br. The molecule has 0 fully saturated rings. The Kier molecular flexibility index (Phi) is 4.75. The average Bonchev–Trinajstić information content (AvgIpc) is 2.20. The van der Waals surface area contributed by atoms with Gasteiger partial charge in [-0.05, 0) is 36.7 Å². The van der Waals surface area contributed by atoms with Crippen LogP contribution < -0.4 is 5.32 Å². The molecule has 1 aromatic carbocycles. The van der Waals surface area contributed by atoms with Crippen LogP contribution >= 0.6 is 27.5 Å². The van der Waals surface area contributed by atoms with Gasteiger partial charge in [-0.1, -0.05) is 11.6 Å². The number of carbonyl (C=O) groups is 1. The van der Waals surface area contributed by atoms with Gasteiger partial charge in [0.2, 0.25) is 0 Å². The number of non-ortho nitro benzene ring substituents is 1. The van der Waals surface area contributed by atoms with Gasteiger partial charge >= 0.3 is 6.09 Å². The minimum Gasteiger partial charge on any atom is -0.444 e. The molecule has 1 N–H and O–H groups in total. The van der Waals surface area contributed by atoms with Crippen molar-refractivity contribution in [3.8, 4) is 0 Å². The number of hydrogen-bond donors (Lipinski definition) is 1. The first-order valence-electron chi connectivity index (χ1n) is 5.23. The maximum absolute atomic E-state index is 11.6. The number of rotatable bonds is 2. The van der Waals surface area contributed by atoms with Crippen LogP contribution in [-0.4, -0.2) is 16.6 Å². The van der Waals surface area contributed by atoms with E-state index in [9.17, 15) is 14.9 Å². The monoisotopic (exact) mass is 350 g/mol. The Labute approximate surface area is 123 Å². The molecule has 0 heterocycles. The first-order chi connectivity index (χ1) is 8.60. The second-order valence-corrected chi connectivity index (χ2v) is 5.93. The standard InChI is InChI=1S/C11H12BrClN2O4/c1-11(2,3)19-10(16)14-9-7(12)4-6(15(17)18)5-8(9)13/h4-5H,1-3H3,(H,14,16). The molecule has 0 aromatic heterocycles. The number of anilines is 1. The Morgan fingerprint density at radius 2 is 2.05 bits per heavy atom. The number of benzene rings is 1. The number of hydrogen-bond acceptors (Lipinski definition) is 4. The Hall–Kier alpha value is -1.34. The van der Waals surface area contributed by atoms with Crippen LogP contribution in [0.25, 0.3) is 0 Å². The number of ether oxygens (including phenoxy) is 1. The van der Waals surface area contributed by atoms with Gasteiger partial charge in [0.25, 0.3) is 5.69 Å². The van der Waals surface area contributed by atoms with Crippen molar-refractivity contribution < 1.29 is 14.5 Å². The zero-order valence-electron chi connectivity index (χ0n) is 10.5. The topological polar surface area (TPSA) is 81.5 Å². The summed E-state index contributed by atoms with van der Waals surface area (Å²) in [5, 5.41) is 13.1. The zero-order chi connectivity index (χ0) is 14.8. The molecule has 0 aliphatic carbocycles. The molecule has 0 radical (unpaired) electrons. The molecule has 0 aliphatic heterocycles. The minimum absolute atomic E-state index is 0.0481. The van der Waals surface area contributed by atoms with E-state index in [0.29, 0.717) is 4.47 Å². The van der Waals surface area contributed by atoms with Crippen LogP contribution in [0.1, 0.15) is 20.8 Å². The normalized spacial score (nSPS) is 11.0. The fourth-order valence-electron chi connectivity index (χ4n) is 1.19. The summed E-state index contributed by atoms with van der Waals surface area (Å²) in [7, 11) is 0. The molecule has 8 heteroatoms. The summed E-state index contributed by atoms with van der Waals surface area (Å²) < 4.78 is 5.37. The fraction of sp³-hybridized carbons (Fsp3) is 0.364. The van der Waals surface area contributed by atoms with Crippen molar-refractivity contribution in [3.05, 3.63) is 31.7 Å². The van der Waals surface area contributed by atoms with E-state index in [1.165, 1.54) is 6.07 Å². The second-order valence-electron chi connectivity index (χ2n) is 4.67. The third-order valence-electron chi connectivity index (χ3n) is 1.86. The number of halogens is 2. The maximum atomic E-state index is 11.6.